The topological polar surface area (TPSA) is 85.6 Å². The van der Waals surface area contributed by atoms with Crippen LogP contribution in [0.4, 0.5) is 10.2 Å². The van der Waals surface area contributed by atoms with E-state index >= 15 is 0 Å². The molecule has 1 unspecified atom stereocenters. The van der Waals surface area contributed by atoms with E-state index in [1.54, 1.807) is 49.2 Å². The summed E-state index contributed by atoms with van der Waals surface area (Å²) in [6.07, 6.45) is 1.98. The molecule has 0 aliphatic carbocycles. The fourth-order valence-electron chi connectivity index (χ4n) is 5.19. The summed E-state index contributed by atoms with van der Waals surface area (Å²) in [6.45, 7) is 8.53. The smallest absolute Gasteiger partial charge is 0.254 e. The summed E-state index contributed by atoms with van der Waals surface area (Å²) in [5.74, 6) is 2.53. The standard InChI is InChI=1S/C30H35FN6O3/c1-6-7-19(2)27-32-28(26-20(3)34-37(29(26)33-27)23-10-8-22(31)9-11-23)35-12-14-36(15-13-35)30(38)21-16-24(39-4)18-25(17-21)40-5/h8-11,16-19H,6-7,12-15H2,1-5H3. The lowest BCUT2D eigenvalue weighted by molar-refractivity contribution is 0.0746. The molecule has 1 saturated heterocycles. The van der Waals surface area contributed by atoms with Gasteiger partial charge in [-0.25, -0.2) is 19.0 Å². The number of nitrogens with zero attached hydrogens (tertiary/aromatic N) is 6. The molecule has 1 amide bonds. The number of hydrogen-bond donors (Lipinski definition) is 0. The second-order valence-corrected chi connectivity index (χ2v) is 10.1. The van der Waals surface area contributed by atoms with E-state index in [9.17, 15) is 9.18 Å². The second kappa shape index (κ2) is 11.5. The molecule has 9 nitrogen and oxygen atoms in total. The Kier molecular flexibility index (Phi) is 7.86. The number of hydrogen-bond acceptors (Lipinski definition) is 7. The molecule has 1 aliphatic heterocycles. The van der Waals surface area contributed by atoms with Gasteiger partial charge in [0.2, 0.25) is 0 Å². The van der Waals surface area contributed by atoms with Crippen LogP contribution in [0.3, 0.4) is 0 Å². The fourth-order valence-corrected chi connectivity index (χ4v) is 5.19. The highest BCUT2D eigenvalue weighted by atomic mass is 19.1. The van der Waals surface area contributed by atoms with E-state index in [0.717, 1.165) is 41.3 Å². The van der Waals surface area contributed by atoms with Crippen LogP contribution in [0.1, 0.15) is 54.5 Å². The maximum Gasteiger partial charge on any atom is 0.254 e. The number of aromatic nitrogens is 4. The number of ether oxygens (including phenoxy) is 2. The Morgan fingerprint density at radius 1 is 1.00 bits per heavy atom. The number of rotatable bonds is 8. The van der Waals surface area contributed by atoms with E-state index in [2.05, 4.69) is 18.7 Å². The Labute approximate surface area is 233 Å². The maximum atomic E-state index is 13.7. The highest BCUT2D eigenvalue weighted by molar-refractivity contribution is 5.95. The van der Waals surface area contributed by atoms with Gasteiger partial charge in [-0.3, -0.25) is 4.79 Å². The predicted octanol–water partition coefficient (Wildman–Crippen LogP) is 5.15. The van der Waals surface area contributed by atoms with E-state index in [4.69, 9.17) is 24.5 Å². The summed E-state index contributed by atoms with van der Waals surface area (Å²) in [4.78, 5) is 27.5. The van der Waals surface area contributed by atoms with E-state index in [-0.39, 0.29) is 17.6 Å². The van der Waals surface area contributed by atoms with Crippen LogP contribution in [-0.2, 0) is 0 Å². The van der Waals surface area contributed by atoms with Crippen molar-refractivity contribution in [2.45, 2.75) is 39.5 Å². The zero-order chi connectivity index (χ0) is 28.4. The molecule has 1 atom stereocenters. The number of benzene rings is 2. The van der Waals surface area contributed by atoms with Crippen LogP contribution >= 0.6 is 0 Å². The van der Waals surface area contributed by atoms with Gasteiger partial charge in [-0.15, -0.1) is 0 Å². The highest BCUT2D eigenvalue weighted by Crippen LogP contribution is 2.32. The van der Waals surface area contributed by atoms with Crippen LogP contribution < -0.4 is 14.4 Å². The van der Waals surface area contributed by atoms with Crippen molar-refractivity contribution in [2.75, 3.05) is 45.3 Å². The number of halogens is 1. The zero-order valence-electron chi connectivity index (χ0n) is 23.6. The number of amides is 1. The third-order valence-corrected chi connectivity index (χ3v) is 7.40. The minimum atomic E-state index is -0.302. The Balaban J connectivity index is 1.47. The number of anilines is 1. The number of methoxy groups -OCH3 is 2. The first-order valence-electron chi connectivity index (χ1n) is 13.6. The molecule has 3 heterocycles. The highest BCUT2D eigenvalue weighted by Gasteiger charge is 2.28. The van der Waals surface area contributed by atoms with Crippen LogP contribution in [0, 0.1) is 12.7 Å². The van der Waals surface area contributed by atoms with Crippen LogP contribution in [0.15, 0.2) is 42.5 Å². The van der Waals surface area contributed by atoms with Crippen molar-refractivity contribution >= 4 is 22.8 Å². The van der Waals surface area contributed by atoms with Crippen molar-refractivity contribution in [3.8, 4) is 17.2 Å². The molecule has 0 bridgehead atoms. The number of carbonyl (C=O) groups excluding carboxylic acids is 1. The average Bonchev–Trinajstić information content (AvgIpc) is 3.32. The molecule has 0 N–H and O–H groups in total. The van der Waals surface area contributed by atoms with Gasteiger partial charge in [-0.05, 0) is 49.7 Å². The van der Waals surface area contributed by atoms with E-state index in [0.29, 0.717) is 48.9 Å². The molecular weight excluding hydrogens is 511 g/mol. The minimum Gasteiger partial charge on any atom is -0.497 e. The first-order valence-corrected chi connectivity index (χ1v) is 13.6. The molecule has 1 aliphatic rings. The van der Waals surface area contributed by atoms with Crippen LogP contribution in [0.2, 0.25) is 0 Å². The van der Waals surface area contributed by atoms with Gasteiger partial charge < -0.3 is 19.3 Å². The van der Waals surface area contributed by atoms with Gasteiger partial charge in [0.25, 0.3) is 5.91 Å². The fraction of sp³-hybridized carbons (Fsp3) is 0.400. The number of piperazine rings is 1. The third kappa shape index (κ3) is 5.30. The maximum absolute atomic E-state index is 13.7. The van der Waals surface area contributed by atoms with Gasteiger partial charge in [-0.1, -0.05) is 20.3 Å². The van der Waals surface area contributed by atoms with Crippen LogP contribution in [0.25, 0.3) is 16.7 Å². The lowest BCUT2D eigenvalue weighted by atomic mass is 10.1. The second-order valence-electron chi connectivity index (χ2n) is 10.1. The van der Waals surface area contributed by atoms with Crippen LogP contribution in [0.5, 0.6) is 11.5 Å². The molecule has 210 valence electrons. The van der Waals surface area contributed by atoms with Gasteiger partial charge in [0.05, 0.1) is 31.0 Å². The van der Waals surface area contributed by atoms with Gasteiger partial charge in [0.15, 0.2) is 5.65 Å². The molecule has 40 heavy (non-hydrogen) atoms. The van der Waals surface area contributed by atoms with E-state index in [1.807, 2.05) is 11.8 Å². The summed E-state index contributed by atoms with van der Waals surface area (Å²) in [5.41, 5.74) is 2.77. The first-order chi connectivity index (χ1) is 19.3. The zero-order valence-corrected chi connectivity index (χ0v) is 23.6. The lowest BCUT2D eigenvalue weighted by Crippen LogP contribution is -2.49. The number of aryl methyl sites for hydroxylation is 1. The van der Waals surface area contributed by atoms with Crippen molar-refractivity contribution in [3.63, 3.8) is 0 Å². The molecule has 5 rings (SSSR count). The SMILES string of the molecule is CCCC(C)c1nc(N2CCN(C(=O)c3cc(OC)cc(OC)c3)CC2)c2c(C)nn(-c3ccc(F)cc3)c2n1. The molecule has 2 aromatic heterocycles. The van der Waals surface area contributed by atoms with Crippen molar-refractivity contribution in [3.05, 3.63) is 65.4 Å². The van der Waals surface area contributed by atoms with Gasteiger partial charge in [0.1, 0.15) is 29.0 Å². The molecule has 0 radical (unpaired) electrons. The quantitative estimate of drug-likeness (QED) is 0.302. The third-order valence-electron chi connectivity index (χ3n) is 7.40. The minimum absolute atomic E-state index is 0.0674. The largest absolute Gasteiger partial charge is 0.497 e. The van der Waals surface area contributed by atoms with Gasteiger partial charge in [-0.2, -0.15) is 5.10 Å². The lowest BCUT2D eigenvalue weighted by Gasteiger charge is -2.36. The molecule has 10 heteroatoms. The number of fused-ring (bicyclic) bond motifs is 1. The molecular formula is C30H35FN6O3. The first kappa shape index (κ1) is 27.4. The average molecular weight is 547 g/mol. The monoisotopic (exact) mass is 546 g/mol. The molecule has 1 fully saturated rings. The summed E-state index contributed by atoms with van der Waals surface area (Å²) < 4.78 is 26.1. The Morgan fingerprint density at radius 2 is 1.65 bits per heavy atom. The Morgan fingerprint density at radius 3 is 2.25 bits per heavy atom. The van der Waals surface area contributed by atoms with Crippen molar-refractivity contribution in [1.29, 1.82) is 0 Å². The molecule has 2 aromatic carbocycles. The van der Waals surface area contributed by atoms with E-state index < -0.39 is 0 Å². The summed E-state index contributed by atoms with van der Waals surface area (Å²) in [6, 6.07) is 11.5. The van der Waals surface area contributed by atoms with Crippen molar-refractivity contribution in [1.82, 2.24) is 24.6 Å². The Bertz CT molecular complexity index is 1490. The summed E-state index contributed by atoms with van der Waals surface area (Å²) in [5, 5.41) is 5.65. The molecule has 4 aromatic rings. The van der Waals surface area contributed by atoms with Crippen LogP contribution in [-0.4, -0.2) is 71.0 Å². The molecule has 0 saturated carbocycles. The van der Waals surface area contributed by atoms with Gasteiger partial charge in [0, 0.05) is 43.7 Å². The Hall–Kier alpha value is -4.21. The van der Waals surface area contributed by atoms with Crippen molar-refractivity contribution in [2.24, 2.45) is 0 Å². The number of carbonyl (C=O) groups is 1. The van der Waals surface area contributed by atoms with Crippen molar-refractivity contribution < 1.29 is 18.7 Å². The normalized spacial score (nSPS) is 14.4. The summed E-state index contributed by atoms with van der Waals surface area (Å²) in [7, 11) is 3.14. The predicted molar refractivity (Wildman–Crippen MR) is 152 cm³/mol. The summed E-state index contributed by atoms with van der Waals surface area (Å²) >= 11 is 0. The van der Waals surface area contributed by atoms with E-state index in [1.165, 1.54) is 12.1 Å². The molecule has 0 spiro atoms. The van der Waals surface area contributed by atoms with Gasteiger partial charge >= 0.3 is 0 Å².